The molecule has 0 spiro atoms. The molecule has 5 rings (SSSR count). The van der Waals surface area contributed by atoms with Gasteiger partial charge in [-0.3, -0.25) is 4.79 Å². The van der Waals surface area contributed by atoms with E-state index in [1.807, 2.05) is 0 Å². The molecule has 5 atom stereocenters. The average Bonchev–Trinajstić information content (AvgIpc) is 2.59. The molecule has 0 aromatic rings. The van der Waals surface area contributed by atoms with E-state index in [2.05, 4.69) is 6.58 Å². The maximum absolute atomic E-state index is 11.1. The van der Waals surface area contributed by atoms with E-state index in [0.29, 0.717) is 24.3 Å². The highest BCUT2D eigenvalue weighted by molar-refractivity contribution is 5.68. The van der Waals surface area contributed by atoms with Crippen LogP contribution in [0.5, 0.6) is 0 Å². The maximum atomic E-state index is 11.1. The number of hydrogen-bond donors (Lipinski definition) is 2. The molecule has 5 saturated carbocycles. The number of hydrogen-bond acceptors (Lipinski definition) is 2. The van der Waals surface area contributed by atoms with E-state index < -0.39 is 5.97 Å². The second-order valence-corrected chi connectivity index (χ2v) is 6.29. The zero-order chi connectivity index (χ0) is 12.2. The Morgan fingerprint density at radius 3 is 2.88 bits per heavy atom. The van der Waals surface area contributed by atoms with E-state index in [1.54, 1.807) is 0 Å². The van der Waals surface area contributed by atoms with Gasteiger partial charge in [-0.1, -0.05) is 12.2 Å². The van der Waals surface area contributed by atoms with E-state index in [4.69, 9.17) is 10.8 Å². The lowest BCUT2D eigenvalue weighted by atomic mass is 9.42. The van der Waals surface area contributed by atoms with Crippen molar-refractivity contribution in [2.45, 2.75) is 32.1 Å². The molecule has 17 heavy (non-hydrogen) atoms. The van der Waals surface area contributed by atoms with Crippen LogP contribution >= 0.6 is 0 Å². The highest BCUT2D eigenvalue weighted by atomic mass is 16.4. The molecule has 3 heteroatoms. The Hall–Kier alpha value is -0.830. The number of aliphatic carboxylic acids is 1. The molecular weight excluding hydrogens is 214 g/mol. The van der Waals surface area contributed by atoms with Gasteiger partial charge < -0.3 is 10.8 Å². The van der Waals surface area contributed by atoms with Gasteiger partial charge in [-0.05, 0) is 61.3 Å². The fraction of sp³-hybridized carbons (Fsp3) is 0.786. The molecule has 94 valence electrons. The second kappa shape index (κ2) is 3.58. The van der Waals surface area contributed by atoms with Crippen LogP contribution in [0, 0.1) is 29.1 Å². The summed E-state index contributed by atoms with van der Waals surface area (Å²) in [4.78, 5) is 11.1. The summed E-state index contributed by atoms with van der Waals surface area (Å²) in [6, 6.07) is 0. The predicted octanol–water partition coefficient (Wildman–Crippen LogP) is 2.03. The standard InChI is InChI=1S/C14H21NO2/c1-8-4-9-2-3-10-13(8)11(5-9)14(10,7-15)6-12(16)17/h9-11,13H,1-7,15H2,(H,16,17). The molecule has 0 radical (unpaired) electrons. The maximum Gasteiger partial charge on any atom is 0.303 e. The largest absolute Gasteiger partial charge is 0.481 e. The molecule has 0 heterocycles. The highest BCUT2D eigenvalue weighted by Crippen LogP contribution is 2.69. The summed E-state index contributed by atoms with van der Waals surface area (Å²) < 4.78 is 0. The monoisotopic (exact) mass is 235 g/mol. The normalized spacial score (nSPS) is 47.5. The molecule has 0 aromatic heterocycles. The van der Waals surface area contributed by atoms with Crippen molar-refractivity contribution >= 4 is 5.97 Å². The van der Waals surface area contributed by atoms with Crippen LogP contribution in [0.2, 0.25) is 0 Å². The number of carbonyl (C=O) groups is 1. The molecule has 5 aliphatic rings. The number of allylic oxidation sites excluding steroid dienone is 1. The van der Waals surface area contributed by atoms with Gasteiger partial charge in [0, 0.05) is 0 Å². The first-order valence-corrected chi connectivity index (χ1v) is 6.68. The molecule has 0 saturated heterocycles. The Kier molecular flexibility index (Phi) is 2.37. The van der Waals surface area contributed by atoms with Crippen molar-refractivity contribution in [3.05, 3.63) is 12.2 Å². The Morgan fingerprint density at radius 2 is 2.24 bits per heavy atom. The molecule has 0 aliphatic heterocycles. The van der Waals surface area contributed by atoms with Crippen molar-refractivity contribution in [2.75, 3.05) is 6.54 Å². The third-order valence-corrected chi connectivity index (χ3v) is 5.70. The molecule has 3 nitrogen and oxygen atoms in total. The molecule has 0 aromatic carbocycles. The lowest BCUT2D eigenvalue weighted by Gasteiger charge is -2.62. The topological polar surface area (TPSA) is 63.3 Å². The van der Waals surface area contributed by atoms with Crippen LogP contribution in [-0.2, 0) is 4.79 Å². The lowest BCUT2D eigenvalue weighted by molar-refractivity contribution is -0.157. The minimum absolute atomic E-state index is 0.116. The van der Waals surface area contributed by atoms with Crippen LogP contribution in [0.4, 0.5) is 0 Å². The molecule has 5 unspecified atom stereocenters. The van der Waals surface area contributed by atoms with Crippen LogP contribution in [0.3, 0.4) is 0 Å². The molecule has 4 bridgehead atoms. The Labute approximate surface area is 102 Å². The summed E-state index contributed by atoms with van der Waals surface area (Å²) in [5.41, 5.74) is 7.22. The quantitative estimate of drug-likeness (QED) is 0.736. The SMILES string of the molecule is C=C1CC2CCC3C1C(C2)C3(CN)CC(=O)O. The number of carboxylic acids is 1. The molecule has 0 amide bonds. The number of rotatable bonds is 3. The van der Waals surface area contributed by atoms with Crippen LogP contribution in [0.15, 0.2) is 12.2 Å². The van der Waals surface area contributed by atoms with Crippen LogP contribution in [-0.4, -0.2) is 17.6 Å². The summed E-state index contributed by atoms with van der Waals surface area (Å²) in [5, 5.41) is 9.15. The first-order chi connectivity index (χ1) is 8.08. The molecular formula is C14H21NO2. The fourth-order valence-corrected chi connectivity index (χ4v) is 5.07. The van der Waals surface area contributed by atoms with Gasteiger partial charge in [0.15, 0.2) is 0 Å². The van der Waals surface area contributed by atoms with Crippen molar-refractivity contribution in [3.8, 4) is 0 Å². The molecule has 3 N–H and O–H groups in total. The van der Waals surface area contributed by atoms with Gasteiger partial charge in [-0.15, -0.1) is 0 Å². The van der Waals surface area contributed by atoms with Gasteiger partial charge in [0.1, 0.15) is 0 Å². The average molecular weight is 235 g/mol. The van der Waals surface area contributed by atoms with Crippen molar-refractivity contribution in [1.29, 1.82) is 0 Å². The summed E-state index contributed by atoms with van der Waals surface area (Å²) >= 11 is 0. The van der Waals surface area contributed by atoms with E-state index in [1.165, 1.54) is 24.8 Å². The smallest absolute Gasteiger partial charge is 0.303 e. The lowest BCUT2D eigenvalue weighted by Crippen LogP contribution is -2.61. The predicted molar refractivity (Wildman–Crippen MR) is 65.3 cm³/mol. The Balaban J connectivity index is 1.94. The first kappa shape index (κ1) is 11.3. The Morgan fingerprint density at radius 1 is 1.47 bits per heavy atom. The first-order valence-electron chi connectivity index (χ1n) is 6.68. The number of carboxylic acid groups (broad SMARTS) is 1. The van der Waals surface area contributed by atoms with Gasteiger partial charge in [0.2, 0.25) is 0 Å². The van der Waals surface area contributed by atoms with Crippen LogP contribution < -0.4 is 5.73 Å². The van der Waals surface area contributed by atoms with Gasteiger partial charge in [0.05, 0.1) is 6.42 Å². The van der Waals surface area contributed by atoms with Crippen LogP contribution in [0.1, 0.15) is 32.1 Å². The van der Waals surface area contributed by atoms with Crippen molar-refractivity contribution < 1.29 is 9.90 Å². The van der Waals surface area contributed by atoms with E-state index in [-0.39, 0.29) is 11.8 Å². The summed E-state index contributed by atoms with van der Waals surface area (Å²) in [6.07, 6.45) is 5.03. The van der Waals surface area contributed by atoms with Gasteiger partial charge in [-0.25, -0.2) is 0 Å². The number of fused-ring (bicyclic) bond motifs is 1. The fourth-order valence-electron chi connectivity index (χ4n) is 5.07. The van der Waals surface area contributed by atoms with Crippen molar-refractivity contribution in [2.24, 2.45) is 34.8 Å². The summed E-state index contributed by atoms with van der Waals surface area (Å²) in [6.45, 7) is 4.76. The Bertz CT molecular complexity index is 370. The molecule has 5 aliphatic carbocycles. The van der Waals surface area contributed by atoms with Gasteiger partial charge >= 0.3 is 5.97 Å². The zero-order valence-electron chi connectivity index (χ0n) is 10.2. The summed E-state index contributed by atoms with van der Waals surface area (Å²) in [7, 11) is 0. The van der Waals surface area contributed by atoms with E-state index in [0.717, 1.165) is 12.3 Å². The molecule has 5 fully saturated rings. The zero-order valence-corrected chi connectivity index (χ0v) is 10.2. The summed E-state index contributed by atoms with van der Waals surface area (Å²) in [5.74, 6) is 1.64. The van der Waals surface area contributed by atoms with Crippen molar-refractivity contribution in [3.63, 3.8) is 0 Å². The third kappa shape index (κ3) is 1.35. The van der Waals surface area contributed by atoms with Gasteiger partial charge in [-0.2, -0.15) is 0 Å². The van der Waals surface area contributed by atoms with Gasteiger partial charge in [0.25, 0.3) is 0 Å². The minimum Gasteiger partial charge on any atom is -0.481 e. The van der Waals surface area contributed by atoms with Crippen LogP contribution in [0.25, 0.3) is 0 Å². The minimum atomic E-state index is -0.687. The van der Waals surface area contributed by atoms with E-state index >= 15 is 0 Å². The third-order valence-electron chi connectivity index (χ3n) is 5.70. The van der Waals surface area contributed by atoms with Crippen molar-refractivity contribution in [1.82, 2.24) is 0 Å². The van der Waals surface area contributed by atoms with E-state index in [9.17, 15) is 4.79 Å². The highest BCUT2D eigenvalue weighted by Gasteiger charge is 2.64. The second-order valence-electron chi connectivity index (χ2n) is 6.29. The number of nitrogens with two attached hydrogens (primary N) is 1.